The van der Waals surface area contributed by atoms with E-state index in [-0.39, 0.29) is 0 Å². The molecule has 1 aromatic heterocycles. The van der Waals surface area contributed by atoms with Gasteiger partial charge in [-0.25, -0.2) is 4.98 Å². The fourth-order valence-electron chi connectivity index (χ4n) is 2.13. The summed E-state index contributed by atoms with van der Waals surface area (Å²) < 4.78 is 2.13. The van der Waals surface area contributed by atoms with Crippen molar-refractivity contribution in [3.63, 3.8) is 0 Å². The predicted octanol–water partition coefficient (Wildman–Crippen LogP) is 1.94. The van der Waals surface area contributed by atoms with Crippen LogP contribution in [0.15, 0.2) is 0 Å². The Labute approximate surface area is 89.3 Å². The van der Waals surface area contributed by atoms with Crippen LogP contribution < -0.4 is 5.73 Å². The first-order valence-electron chi connectivity index (χ1n) is 5.23. The van der Waals surface area contributed by atoms with Crippen LogP contribution in [0, 0.1) is 0 Å². The monoisotopic (exact) mass is 213 g/mol. The highest BCUT2D eigenvalue weighted by molar-refractivity contribution is 6.30. The maximum Gasteiger partial charge on any atom is 0.132 e. The Morgan fingerprint density at radius 1 is 1.64 bits per heavy atom. The van der Waals surface area contributed by atoms with Gasteiger partial charge < -0.3 is 10.3 Å². The Morgan fingerprint density at radius 3 is 3.07 bits per heavy atom. The molecule has 78 valence electrons. The molecule has 1 atom stereocenters. The van der Waals surface area contributed by atoms with Crippen LogP contribution in [0.4, 0.5) is 0 Å². The SMILES string of the molecule is CCc1nc2n(c1Cl)C(CN)CCC2. The van der Waals surface area contributed by atoms with Crippen molar-refractivity contribution >= 4 is 11.6 Å². The lowest BCUT2D eigenvalue weighted by molar-refractivity contribution is 0.405. The van der Waals surface area contributed by atoms with E-state index in [4.69, 9.17) is 17.3 Å². The molecule has 0 aliphatic carbocycles. The summed E-state index contributed by atoms with van der Waals surface area (Å²) in [6.07, 6.45) is 4.24. The van der Waals surface area contributed by atoms with E-state index in [0.717, 1.165) is 35.9 Å². The number of rotatable bonds is 2. The maximum atomic E-state index is 6.26. The molecule has 14 heavy (non-hydrogen) atoms. The third-order valence-electron chi connectivity index (χ3n) is 2.90. The van der Waals surface area contributed by atoms with E-state index in [1.165, 1.54) is 6.42 Å². The van der Waals surface area contributed by atoms with Crippen LogP contribution in [-0.2, 0) is 12.8 Å². The van der Waals surface area contributed by atoms with Crippen LogP contribution in [0.1, 0.15) is 37.3 Å². The second-order valence-corrected chi connectivity index (χ2v) is 4.13. The van der Waals surface area contributed by atoms with Gasteiger partial charge in [-0.05, 0) is 19.3 Å². The van der Waals surface area contributed by atoms with Crippen LogP contribution in [-0.4, -0.2) is 16.1 Å². The summed E-state index contributed by atoms with van der Waals surface area (Å²) in [7, 11) is 0. The number of hydrogen-bond acceptors (Lipinski definition) is 2. The fourth-order valence-corrected chi connectivity index (χ4v) is 2.54. The zero-order valence-electron chi connectivity index (χ0n) is 8.46. The van der Waals surface area contributed by atoms with Gasteiger partial charge in [0.05, 0.1) is 5.69 Å². The molecule has 1 aliphatic rings. The van der Waals surface area contributed by atoms with Crippen molar-refractivity contribution < 1.29 is 0 Å². The Hall–Kier alpha value is -0.540. The lowest BCUT2D eigenvalue weighted by atomic mass is 10.1. The number of fused-ring (bicyclic) bond motifs is 1. The second kappa shape index (κ2) is 3.91. The van der Waals surface area contributed by atoms with Gasteiger partial charge in [0.15, 0.2) is 0 Å². The lowest BCUT2D eigenvalue weighted by Gasteiger charge is -2.24. The smallest absolute Gasteiger partial charge is 0.132 e. The molecule has 2 rings (SSSR count). The molecule has 2 N–H and O–H groups in total. The van der Waals surface area contributed by atoms with Gasteiger partial charge in [-0.15, -0.1) is 0 Å². The summed E-state index contributed by atoms with van der Waals surface area (Å²) in [6.45, 7) is 2.74. The van der Waals surface area contributed by atoms with E-state index in [0.29, 0.717) is 12.6 Å². The Bertz CT molecular complexity index is 332. The first-order chi connectivity index (χ1) is 6.77. The van der Waals surface area contributed by atoms with E-state index in [2.05, 4.69) is 16.5 Å². The highest BCUT2D eigenvalue weighted by Crippen LogP contribution is 2.30. The number of aryl methyl sites for hydroxylation is 2. The fraction of sp³-hybridized carbons (Fsp3) is 0.700. The van der Waals surface area contributed by atoms with Crippen LogP contribution >= 0.6 is 11.6 Å². The average Bonchev–Trinajstić information content (AvgIpc) is 2.55. The van der Waals surface area contributed by atoms with E-state index >= 15 is 0 Å². The van der Waals surface area contributed by atoms with Gasteiger partial charge in [-0.2, -0.15) is 0 Å². The summed E-state index contributed by atoms with van der Waals surface area (Å²) >= 11 is 6.26. The Kier molecular flexibility index (Phi) is 2.79. The van der Waals surface area contributed by atoms with Crippen molar-refractivity contribution in [1.82, 2.24) is 9.55 Å². The van der Waals surface area contributed by atoms with Gasteiger partial charge in [0.1, 0.15) is 11.0 Å². The second-order valence-electron chi connectivity index (χ2n) is 3.77. The third kappa shape index (κ3) is 1.44. The molecule has 4 heteroatoms. The summed E-state index contributed by atoms with van der Waals surface area (Å²) in [5, 5.41) is 0.803. The standard InChI is InChI=1S/C10H16ClN3/c1-2-8-10(11)14-7(6-12)4-3-5-9(14)13-8/h7H,2-6,12H2,1H3. The first-order valence-corrected chi connectivity index (χ1v) is 5.61. The van der Waals surface area contributed by atoms with E-state index < -0.39 is 0 Å². The molecule has 0 spiro atoms. The average molecular weight is 214 g/mol. The van der Waals surface area contributed by atoms with Crippen molar-refractivity contribution in [3.8, 4) is 0 Å². The summed E-state index contributed by atoms with van der Waals surface area (Å²) in [5.74, 6) is 1.12. The molecule has 1 unspecified atom stereocenters. The van der Waals surface area contributed by atoms with Crippen LogP contribution in [0.25, 0.3) is 0 Å². The quantitative estimate of drug-likeness (QED) is 0.816. The molecule has 0 amide bonds. The molecule has 1 aliphatic heterocycles. The van der Waals surface area contributed by atoms with Gasteiger partial charge >= 0.3 is 0 Å². The lowest BCUT2D eigenvalue weighted by Crippen LogP contribution is -2.24. The van der Waals surface area contributed by atoms with Gasteiger partial charge in [0.25, 0.3) is 0 Å². The molecule has 0 saturated heterocycles. The number of imidazole rings is 1. The summed E-state index contributed by atoms with van der Waals surface area (Å²) in [5.41, 5.74) is 6.75. The molecule has 0 bridgehead atoms. The normalized spacial score (nSPS) is 20.9. The zero-order valence-corrected chi connectivity index (χ0v) is 9.22. The van der Waals surface area contributed by atoms with Gasteiger partial charge in [0, 0.05) is 19.0 Å². The maximum absolute atomic E-state index is 6.26. The number of aromatic nitrogens is 2. The molecule has 0 saturated carbocycles. The molecular weight excluding hydrogens is 198 g/mol. The molecule has 3 nitrogen and oxygen atoms in total. The zero-order chi connectivity index (χ0) is 10.1. The van der Waals surface area contributed by atoms with Crippen LogP contribution in [0.2, 0.25) is 5.15 Å². The van der Waals surface area contributed by atoms with E-state index in [9.17, 15) is 0 Å². The minimum absolute atomic E-state index is 0.360. The largest absolute Gasteiger partial charge is 0.328 e. The molecule has 1 aromatic rings. The van der Waals surface area contributed by atoms with Gasteiger partial charge in [-0.3, -0.25) is 0 Å². The number of halogens is 1. The van der Waals surface area contributed by atoms with Crippen LogP contribution in [0.5, 0.6) is 0 Å². The van der Waals surface area contributed by atoms with Gasteiger partial charge in [-0.1, -0.05) is 18.5 Å². The van der Waals surface area contributed by atoms with Crippen LogP contribution in [0.3, 0.4) is 0 Å². The molecule has 0 aromatic carbocycles. The Balaban J connectivity index is 2.45. The number of hydrogen-bond donors (Lipinski definition) is 1. The molecule has 0 fully saturated rings. The predicted molar refractivity (Wildman–Crippen MR) is 57.6 cm³/mol. The minimum Gasteiger partial charge on any atom is -0.328 e. The highest BCUT2D eigenvalue weighted by atomic mass is 35.5. The number of nitrogens with two attached hydrogens (primary N) is 1. The van der Waals surface area contributed by atoms with Crippen molar-refractivity contribution in [3.05, 3.63) is 16.7 Å². The van der Waals surface area contributed by atoms with Crippen molar-refractivity contribution in [1.29, 1.82) is 0 Å². The van der Waals surface area contributed by atoms with Gasteiger partial charge in [0.2, 0.25) is 0 Å². The molecular formula is C10H16ClN3. The van der Waals surface area contributed by atoms with E-state index in [1.54, 1.807) is 0 Å². The van der Waals surface area contributed by atoms with Crippen molar-refractivity contribution in [2.75, 3.05) is 6.54 Å². The molecule has 0 radical (unpaired) electrons. The van der Waals surface area contributed by atoms with Crippen molar-refractivity contribution in [2.24, 2.45) is 5.73 Å². The highest BCUT2D eigenvalue weighted by Gasteiger charge is 2.23. The van der Waals surface area contributed by atoms with Crippen molar-refractivity contribution in [2.45, 2.75) is 38.6 Å². The Morgan fingerprint density at radius 2 is 2.43 bits per heavy atom. The topological polar surface area (TPSA) is 43.8 Å². The third-order valence-corrected chi connectivity index (χ3v) is 3.30. The summed E-state index contributed by atoms with van der Waals surface area (Å²) in [4.78, 5) is 4.54. The molecule has 2 heterocycles. The minimum atomic E-state index is 0.360. The summed E-state index contributed by atoms with van der Waals surface area (Å²) in [6, 6.07) is 0.360. The first kappa shape index (κ1) is 9.99. The number of nitrogens with zero attached hydrogens (tertiary/aromatic N) is 2. The van der Waals surface area contributed by atoms with E-state index in [1.807, 2.05) is 0 Å².